The second-order valence-corrected chi connectivity index (χ2v) is 10.7. The molecule has 1 aromatic carbocycles. The summed E-state index contributed by atoms with van der Waals surface area (Å²) in [6, 6.07) is 6.04. The average molecular weight is 473 g/mol. The lowest BCUT2D eigenvalue weighted by Crippen LogP contribution is -2.50. The molecule has 0 bridgehead atoms. The zero-order valence-electron chi connectivity index (χ0n) is 15.3. The Hall–Kier alpha value is -1.94. The summed E-state index contributed by atoms with van der Waals surface area (Å²) in [6.45, 7) is 1.66. The van der Waals surface area contributed by atoms with Crippen molar-refractivity contribution in [1.82, 2.24) is 9.29 Å². The van der Waals surface area contributed by atoms with Crippen molar-refractivity contribution in [2.75, 3.05) is 12.8 Å². The Morgan fingerprint density at radius 2 is 2.03 bits per heavy atom. The van der Waals surface area contributed by atoms with Gasteiger partial charge in [0.1, 0.15) is 11.4 Å². The molecule has 1 aliphatic heterocycles. The Labute approximate surface area is 180 Å². The van der Waals surface area contributed by atoms with Crippen molar-refractivity contribution >= 4 is 60.6 Å². The summed E-state index contributed by atoms with van der Waals surface area (Å²) in [5, 5.41) is 1.26. The first-order valence-corrected chi connectivity index (χ1v) is 11.6. The van der Waals surface area contributed by atoms with Crippen LogP contribution in [0.25, 0.3) is 21.3 Å². The Bertz CT molecular complexity index is 1290. The number of benzene rings is 1. The lowest BCUT2D eigenvalue weighted by molar-refractivity contribution is 0.482. The smallest absolute Gasteiger partial charge is 0.239 e. The molecule has 3 heterocycles. The Kier molecular flexibility index (Phi) is 4.77. The molecule has 0 radical (unpaired) electrons. The molecular formula is C18H15Cl2FN4O2S2. The van der Waals surface area contributed by atoms with Crippen LogP contribution in [0, 0.1) is 5.82 Å². The van der Waals surface area contributed by atoms with E-state index in [2.05, 4.69) is 9.98 Å². The van der Waals surface area contributed by atoms with Crippen LogP contribution in [0.2, 0.25) is 10.0 Å². The van der Waals surface area contributed by atoms with Gasteiger partial charge in [-0.2, -0.15) is 0 Å². The lowest BCUT2D eigenvalue weighted by atomic mass is 10.0. The number of thiophene rings is 1. The number of aliphatic imine (C=N–C) groups is 1. The first kappa shape index (κ1) is 20.3. The highest BCUT2D eigenvalue weighted by Gasteiger charge is 2.43. The number of fused-ring (bicyclic) bond motifs is 1. The zero-order valence-corrected chi connectivity index (χ0v) is 18.4. The standard InChI is InChI=1S/C18H15Cl2FN4O2S2/c1-18(8-29(26,27)25(2)17(22)24-18)16-13(20)11-5-6-23-14(15(11)28-16)10-4-3-9(19)7-12(10)21/h3-7H,8H2,1-2H3,(H2,22,24). The first-order chi connectivity index (χ1) is 13.5. The highest BCUT2D eigenvalue weighted by Crippen LogP contribution is 2.47. The average Bonchev–Trinajstić information content (AvgIpc) is 2.98. The van der Waals surface area contributed by atoms with Gasteiger partial charge in [0, 0.05) is 29.2 Å². The molecule has 29 heavy (non-hydrogen) atoms. The summed E-state index contributed by atoms with van der Waals surface area (Å²) in [7, 11) is -2.31. The molecule has 1 atom stereocenters. The molecule has 0 saturated carbocycles. The van der Waals surface area contributed by atoms with Crippen molar-refractivity contribution in [3.8, 4) is 11.3 Å². The highest BCUT2D eigenvalue weighted by atomic mass is 35.5. The molecule has 1 aliphatic rings. The molecule has 1 unspecified atom stereocenters. The van der Waals surface area contributed by atoms with Gasteiger partial charge in [-0.3, -0.25) is 4.98 Å². The second kappa shape index (κ2) is 6.80. The molecule has 0 fully saturated rings. The van der Waals surface area contributed by atoms with E-state index < -0.39 is 21.4 Å². The van der Waals surface area contributed by atoms with Crippen LogP contribution < -0.4 is 5.73 Å². The van der Waals surface area contributed by atoms with Gasteiger partial charge >= 0.3 is 0 Å². The van der Waals surface area contributed by atoms with Crippen molar-refractivity contribution in [2.24, 2.45) is 10.7 Å². The number of hydrogen-bond donors (Lipinski definition) is 1. The van der Waals surface area contributed by atoms with E-state index in [-0.39, 0.29) is 22.3 Å². The maximum Gasteiger partial charge on any atom is 0.239 e. The summed E-state index contributed by atoms with van der Waals surface area (Å²) >= 11 is 13.7. The number of sulfonamides is 1. The van der Waals surface area contributed by atoms with Gasteiger partial charge in [0.15, 0.2) is 0 Å². The van der Waals surface area contributed by atoms with E-state index in [1.807, 2.05) is 0 Å². The van der Waals surface area contributed by atoms with E-state index in [0.29, 0.717) is 25.7 Å². The number of guanidine groups is 1. The van der Waals surface area contributed by atoms with Gasteiger partial charge in [-0.25, -0.2) is 22.1 Å². The minimum atomic E-state index is -3.66. The summed E-state index contributed by atoms with van der Waals surface area (Å²) in [5.74, 6) is -0.921. The quantitative estimate of drug-likeness (QED) is 0.604. The summed E-state index contributed by atoms with van der Waals surface area (Å²) in [6.07, 6.45) is 1.53. The topological polar surface area (TPSA) is 88.7 Å². The largest absolute Gasteiger partial charge is 0.369 e. The van der Waals surface area contributed by atoms with Gasteiger partial charge in [0.2, 0.25) is 16.0 Å². The summed E-state index contributed by atoms with van der Waals surface area (Å²) < 4.78 is 41.1. The lowest BCUT2D eigenvalue weighted by Gasteiger charge is -2.33. The molecule has 0 spiro atoms. The van der Waals surface area contributed by atoms with E-state index in [9.17, 15) is 12.8 Å². The van der Waals surface area contributed by atoms with Crippen molar-refractivity contribution in [3.05, 3.63) is 51.2 Å². The van der Waals surface area contributed by atoms with E-state index in [0.717, 1.165) is 4.31 Å². The predicted molar refractivity (Wildman–Crippen MR) is 116 cm³/mol. The fraction of sp³-hybridized carbons (Fsp3) is 0.222. The molecule has 152 valence electrons. The fourth-order valence-corrected chi connectivity index (χ4v) is 6.78. The number of nitrogens with two attached hydrogens (primary N) is 1. The van der Waals surface area contributed by atoms with Crippen molar-refractivity contribution in [1.29, 1.82) is 0 Å². The number of pyridine rings is 1. The summed E-state index contributed by atoms with van der Waals surface area (Å²) in [5.41, 5.74) is 5.34. The maximum absolute atomic E-state index is 14.5. The predicted octanol–water partition coefficient (Wildman–Crippen LogP) is 4.21. The SMILES string of the molecule is CN1C(N)=NC(C)(c2sc3c(-c4ccc(Cl)cc4F)nccc3c2Cl)CS1(=O)=O. The van der Waals surface area contributed by atoms with Crippen LogP contribution >= 0.6 is 34.5 Å². The molecule has 0 aliphatic carbocycles. The monoisotopic (exact) mass is 472 g/mol. The van der Waals surface area contributed by atoms with E-state index in [4.69, 9.17) is 28.9 Å². The van der Waals surface area contributed by atoms with Crippen LogP contribution in [0.5, 0.6) is 0 Å². The maximum atomic E-state index is 14.5. The fourth-order valence-electron chi connectivity index (χ4n) is 3.28. The second-order valence-electron chi connectivity index (χ2n) is 6.87. The first-order valence-electron chi connectivity index (χ1n) is 8.38. The van der Waals surface area contributed by atoms with Crippen LogP contribution in [0.1, 0.15) is 11.8 Å². The van der Waals surface area contributed by atoms with E-state index in [1.54, 1.807) is 25.1 Å². The number of hydrogen-bond acceptors (Lipinski definition) is 6. The van der Waals surface area contributed by atoms with Gasteiger partial charge in [0.05, 0.1) is 26.0 Å². The third-order valence-corrected chi connectivity index (χ3v) is 8.94. The Balaban J connectivity index is 1.96. The molecule has 11 heteroatoms. The van der Waals surface area contributed by atoms with Gasteiger partial charge in [-0.1, -0.05) is 23.2 Å². The van der Waals surface area contributed by atoms with Gasteiger partial charge in [-0.15, -0.1) is 11.3 Å². The highest BCUT2D eigenvalue weighted by molar-refractivity contribution is 7.89. The molecule has 0 saturated heterocycles. The van der Waals surface area contributed by atoms with Crippen LogP contribution in [-0.4, -0.2) is 36.5 Å². The van der Waals surface area contributed by atoms with E-state index in [1.165, 1.54) is 30.6 Å². The number of aromatic nitrogens is 1. The summed E-state index contributed by atoms with van der Waals surface area (Å²) in [4.78, 5) is 9.26. The minimum Gasteiger partial charge on any atom is -0.369 e. The van der Waals surface area contributed by atoms with Crippen LogP contribution in [0.3, 0.4) is 0 Å². The van der Waals surface area contributed by atoms with Crippen molar-refractivity contribution < 1.29 is 12.8 Å². The van der Waals surface area contributed by atoms with Crippen LogP contribution in [0.15, 0.2) is 35.5 Å². The molecule has 6 nitrogen and oxygen atoms in total. The third kappa shape index (κ3) is 3.26. The zero-order chi connectivity index (χ0) is 21.1. The van der Waals surface area contributed by atoms with Crippen molar-refractivity contribution in [3.63, 3.8) is 0 Å². The molecule has 2 aromatic heterocycles. The number of rotatable bonds is 2. The van der Waals surface area contributed by atoms with Gasteiger partial charge in [-0.05, 0) is 31.2 Å². The number of halogens is 3. The molecule has 0 amide bonds. The molecule has 4 rings (SSSR count). The third-order valence-electron chi connectivity index (χ3n) is 4.78. The van der Waals surface area contributed by atoms with Crippen LogP contribution in [0.4, 0.5) is 4.39 Å². The van der Waals surface area contributed by atoms with Crippen molar-refractivity contribution in [2.45, 2.75) is 12.5 Å². The molecular weight excluding hydrogens is 458 g/mol. The normalized spacial score (nSPS) is 21.4. The van der Waals surface area contributed by atoms with Gasteiger partial charge < -0.3 is 5.73 Å². The molecule has 3 aromatic rings. The van der Waals surface area contributed by atoms with E-state index >= 15 is 0 Å². The molecule has 2 N–H and O–H groups in total. The minimum absolute atomic E-state index is 0.116. The van der Waals surface area contributed by atoms with Gasteiger partial charge in [0.25, 0.3) is 0 Å². The van der Waals surface area contributed by atoms with Crippen LogP contribution in [-0.2, 0) is 15.6 Å². The Morgan fingerprint density at radius 1 is 1.31 bits per heavy atom. The Morgan fingerprint density at radius 3 is 2.69 bits per heavy atom. The number of nitrogens with zero attached hydrogens (tertiary/aromatic N) is 3.